The smallest absolute Gasteiger partial charge is 0.343 e. The second-order valence-corrected chi connectivity index (χ2v) is 6.10. The van der Waals surface area contributed by atoms with E-state index in [9.17, 15) is 9.59 Å². The monoisotopic (exact) mass is 364 g/mol. The molecule has 5 heteroatoms. The van der Waals surface area contributed by atoms with E-state index in [0.717, 1.165) is 16.7 Å². The zero-order chi connectivity index (χ0) is 19.4. The fourth-order valence-electron chi connectivity index (χ4n) is 2.65. The molecule has 0 saturated heterocycles. The third kappa shape index (κ3) is 4.44. The fourth-order valence-corrected chi connectivity index (χ4v) is 2.65. The van der Waals surface area contributed by atoms with E-state index in [1.54, 1.807) is 30.4 Å². The van der Waals surface area contributed by atoms with Crippen LogP contribution in [-0.2, 0) is 14.3 Å². The van der Waals surface area contributed by atoms with Crippen molar-refractivity contribution in [1.29, 1.82) is 0 Å². The summed E-state index contributed by atoms with van der Waals surface area (Å²) in [6, 6.07) is 12.9. The molecule has 0 fully saturated rings. The molecule has 0 atom stereocenters. The van der Waals surface area contributed by atoms with Crippen molar-refractivity contribution in [3.63, 3.8) is 0 Å². The Morgan fingerprint density at radius 2 is 1.85 bits per heavy atom. The Bertz CT molecular complexity index is 936. The molecule has 0 bridgehead atoms. The lowest BCUT2D eigenvalue weighted by Gasteiger charge is -2.10. The maximum atomic E-state index is 12.2. The van der Waals surface area contributed by atoms with Gasteiger partial charge in [0.05, 0.1) is 12.2 Å². The number of aryl methyl sites for hydroxylation is 1. The number of benzene rings is 2. The Morgan fingerprint density at radius 1 is 1.11 bits per heavy atom. The number of carbonyl (C=O) groups is 2. The van der Waals surface area contributed by atoms with Gasteiger partial charge in [-0.3, -0.25) is 4.79 Å². The van der Waals surface area contributed by atoms with Crippen molar-refractivity contribution < 1.29 is 23.8 Å². The highest BCUT2D eigenvalue weighted by molar-refractivity contribution is 6.05. The van der Waals surface area contributed by atoms with E-state index in [0.29, 0.717) is 29.4 Å². The van der Waals surface area contributed by atoms with E-state index in [1.165, 1.54) is 6.92 Å². The van der Waals surface area contributed by atoms with Gasteiger partial charge in [-0.25, -0.2) is 4.79 Å². The molecule has 2 aromatic rings. The topological polar surface area (TPSA) is 61.8 Å². The lowest BCUT2D eigenvalue weighted by atomic mass is 10.1. The van der Waals surface area contributed by atoms with Gasteiger partial charge in [-0.1, -0.05) is 35.9 Å². The normalized spacial score (nSPS) is 14.7. The van der Waals surface area contributed by atoms with Crippen molar-refractivity contribution in [3.8, 4) is 11.5 Å². The minimum Gasteiger partial charge on any atom is -0.490 e. The Morgan fingerprint density at radius 3 is 2.52 bits per heavy atom. The van der Waals surface area contributed by atoms with Crippen LogP contribution in [0.4, 0.5) is 0 Å². The molecule has 3 rings (SSSR count). The van der Waals surface area contributed by atoms with Gasteiger partial charge in [0.15, 0.2) is 11.5 Å². The van der Waals surface area contributed by atoms with Crippen molar-refractivity contribution in [3.05, 3.63) is 70.8 Å². The summed E-state index contributed by atoms with van der Waals surface area (Å²) in [7, 11) is 0. The Labute approximate surface area is 157 Å². The standard InChI is InChI=1S/C22H20O5/c1-4-25-21-12-16(7-10-19(21)26-15(3)23)11-18-13-20(27-22(18)24)17-8-5-14(2)6-9-17/h5-13H,4H2,1-3H3. The van der Waals surface area contributed by atoms with Crippen molar-refractivity contribution in [2.75, 3.05) is 6.61 Å². The Hall–Kier alpha value is -3.34. The van der Waals surface area contributed by atoms with Crippen LogP contribution in [0.1, 0.15) is 30.5 Å². The molecule has 0 aliphatic carbocycles. The van der Waals surface area contributed by atoms with Crippen LogP contribution in [0, 0.1) is 6.92 Å². The molecule has 0 unspecified atom stereocenters. The van der Waals surface area contributed by atoms with E-state index < -0.39 is 11.9 Å². The lowest BCUT2D eigenvalue weighted by molar-refractivity contribution is -0.132. The first kappa shape index (κ1) is 18.5. The van der Waals surface area contributed by atoms with E-state index in [4.69, 9.17) is 14.2 Å². The number of cyclic esters (lactones) is 1. The molecule has 0 saturated carbocycles. The number of hydrogen-bond acceptors (Lipinski definition) is 5. The molecule has 0 spiro atoms. The van der Waals surface area contributed by atoms with E-state index >= 15 is 0 Å². The van der Waals surface area contributed by atoms with Crippen molar-refractivity contribution in [1.82, 2.24) is 0 Å². The summed E-state index contributed by atoms with van der Waals surface area (Å²) in [6.45, 7) is 5.60. The second-order valence-electron chi connectivity index (χ2n) is 6.10. The summed E-state index contributed by atoms with van der Waals surface area (Å²) in [6.07, 6.45) is 3.43. The Kier molecular flexibility index (Phi) is 5.41. The average Bonchev–Trinajstić information content (AvgIpc) is 2.98. The highest BCUT2D eigenvalue weighted by Crippen LogP contribution is 2.32. The zero-order valence-electron chi connectivity index (χ0n) is 15.4. The molecule has 27 heavy (non-hydrogen) atoms. The molecule has 1 aliphatic rings. The van der Waals surface area contributed by atoms with Crippen LogP contribution < -0.4 is 9.47 Å². The molecular formula is C22H20O5. The number of esters is 2. The van der Waals surface area contributed by atoms with Crippen LogP contribution in [0.5, 0.6) is 11.5 Å². The first-order chi connectivity index (χ1) is 13.0. The van der Waals surface area contributed by atoms with Crippen LogP contribution in [-0.4, -0.2) is 18.5 Å². The van der Waals surface area contributed by atoms with Gasteiger partial charge < -0.3 is 14.2 Å². The molecule has 1 aliphatic heterocycles. The molecule has 0 aromatic heterocycles. The maximum Gasteiger partial charge on any atom is 0.343 e. The third-order valence-corrected chi connectivity index (χ3v) is 3.90. The number of carbonyl (C=O) groups excluding carboxylic acids is 2. The molecule has 1 heterocycles. The van der Waals surface area contributed by atoms with Gasteiger partial charge in [-0.15, -0.1) is 0 Å². The first-order valence-electron chi connectivity index (χ1n) is 8.64. The third-order valence-electron chi connectivity index (χ3n) is 3.90. The van der Waals surface area contributed by atoms with Gasteiger partial charge in [-0.2, -0.15) is 0 Å². The SMILES string of the molecule is CCOc1cc(C=C2C=C(c3ccc(C)cc3)OC2=O)ccc1OC(C)=O. The molecule has 0 radical (unpaired) electrons. The Balaban J connectivity index is 1.91. The number of rotatable bonds is 5. The molecule has 2 aromatic carbocycles. The van der Waals surface area contributed by atoms with Crippen LogP contribution in [0.2, 0.25) is 0 Å². The van der Waals surface area contributed by atoms with Crippen LogP contribution in [0.3, 0.4) is 0 Å². The maximum absolute atomic E-state index is 12.2. The summed E-state index contributed by atoms with van der Waals surface area (Å²) in [4.78, 5) is 23.4. The van der Waals surface area contributed by atoms with Crippen molar-refractivity contribution in [2.24, 2.45) is 0 Å². The molecule has 0 amide bonds. The molecular weight excluding hydrogens is 344 g/mol. The molecule has 138 valence electrons. The summed E-state index contributed by atoms with van der Waals surface area (Å²) in [5.74, 6) is 0.472. The summed E-state index contributed by atoms with van der Waals surface area (Å²) < 4.78 is 16.1. The predicted molar refractivity (Wildman–Crippen MR) is 102 cm³/mol. The van der Waals surface area contributed by atoms with Gasteiger partial charge in [0, 0.05) is 12.5 Å². The average molecular weight is 364 g/mol. The van der Waals surface area contributed by atoms with Gasteiger partial charge in [0.2, 0.25) is 0 Å². The second kappa shape index (κ2) is 7.91. The highest BCUT2D eigenvalue weighted by Gasteiger charge is 2.22. The molecule has 0 N–H and O–H groups in total. The van der Waals surface area contributed by atoms with Crippen molar-refractivity contribution >= 4 is 23.8 Å². The van der Waals surface area contributed by atoms with Crippen molar-refractivity contribution in [2.45, 2.75) is 20.8 Å². The lowest BCUT2D eigenvalue weighted by Crippen LogP contribution is -2.04. The largest absolute Gasteiger partial charge is 0.490 e. The van der Waals surface area contributed by atoms with Gasteiger partial charge in [0.25, 0.3) is 0 Å². The summed E-state index contributed by atoms with van der Waals surface area (Å²) >= 11 is 0. The highest BCUT2D eigenvalue weighted by atomic mass is 16.6. The minimum absolute atomic E-state index is 0.344. The quantitative estimate of drug-likeness (QED) is 0.450. The van der Waals surface area contributed by atoms with Crippen LogP contribution >= 0.6 is 0 Å². The van der Waals surface area contributed by atoms with Crippen LogP contribution in [0.25, 0.3) is 11.8 Å². The van der Waals surface area contributed by atoms with E-state index in [1.807, 2.05) is 38.1 Å². The first-order valence-corrected chi connectivity index (χ1v) is 8.64. The predicted octanol–water partition coefficient (Wildman–Crippen LogP) is 4.30. The molecule has 5 nitrogen and oxygen atoms in total. The van der Waals surface area contributed by atoms with E-state index in [2.05, 4.69) is 0 Å². The van der Waals surface area contributed by atoms with Gasteiger partial charge >= 0.3 is 11.9 Å². The van der Waals surface area contributed by atoms with Crippen LogP contribution in [0.15, 0.2) is 54.1 Å². The van der Waals surface area contributed by atoms with Gasteiger partial charge in [0.1, 0.15) is 5.76 Å². The fraction of sp³-hybridized carbons (Fsp3) is 0.182. The van der Waals surface area contributed by atoms with Gasteiger partial charge in [-0.05, 0) is 43.7 Å². The summed E-state index contributed by atoms with van der Waals surface area (Å²) in [5.41, 5.74) is 3.16. The van der Waals surface area contributed by atoms with E-state index in [-0.39, 0.29) is 0 Å². The number of hydrogen-bond donors (Lipinski definition) is 0. The summed E-state index contributed by atoms with van der Waals surface area (Å²) in [5, 5.41) is 0. The zero-order valence-corrected chi connectivity index (χ0v) is 15.4. The minimum atomic E-state index is -0.424. The number of ether oxygens (including phenoxy) is 3.